The van der Waals surface area contributed by atoms with Crippen LogP contribution in [-0.2, 0) is 11.3 Å². The fourth-order valence-electron chi connectivity index (χ4n) is 4.79. The normalized spacial score (nSPS) is 14.9. The van der Waals surface area contributed by atoms with Crippen LogP contribution in [0.4, 0.5) is 0 Å². The van der Waals surface area contributed by atoms with Crippen LogP contribution in [0.1, 0.15) is 84.1 Å². The van der Waals surface area contributed by atoms with Crippen molar-refractivity contribution in [2.75, 3.05) is 20.2 Å². The Bertz CT molecular complexity index is 975. The standard InChI is InChI=1S/C28H42N2O3/c1-20(2)13-15-29(16-14-21(3)4)27(31)19-30-26-18-24(33-5)12-11-23(26)17-25(28(30)32)22-9-7-6-8-10-22/h11-12,17-18,20-22H,6-10,13-16,19H2,1-5H3. The lowest BCUT2D eigenvalue weighted by atomic mass is 9.84. The number of amides is 1. The summed E-state index contributed by atoms with van der Waals surface area (Å²) in [6, 6.07) is 7.89. The number of benzene rings is 1. The van der Waals surface area contributed by atoms with Gasteiger partial charge in [-0.25, -0.2) is 0 Å². The van der Waals surface area contributed by atoms with E-state index in [4.69, 9.17) is 4.74 Å². The first-order chi connectivity index (χ1) is 15.8. The molecular formula is C28H42N2O3. The van der Waals surface area contributed by atoms with Crippen molar-refractivity contribution in [3.63, 3.8) is 0 Å². The molecule has 0 bridgehead atoms. The molecule has 1 aliphatic carbocycles. The van der Waals surface area contributed by atoms with Crippen LogP contribution in [0.3, 0.4) is 0 Å². The Labute approximate surface area is 199 Å². The van der Waals surface area contributed by atoms with E-state index >= 15 is 0 Å². The second-order valence-corrected chi connectivity index (χ2v) is 10.5. The summed E-state index contributed by atoms with van der Waals surface area (Å²) in [6.07, 6.45) is 7.63. The first-order valence-corrected chi connectivity index (χ1v) is 12.8. The molecule has 0 atom stereocenters. The smallest absolute Gasteiger partial charge is 0.255 e. The summed E-state index contributed by atoms with van der Waals surface area (Å²) in [7, 11) is 1.63. The van der Waals surface area contributed by atoms with Gasteiger partial charge in [0.1, 0.15) is 12.3 Å². The minimum absolute atomic E-state index is 0.0105. The van der Waals surface area contributed by atoms with Gasteiger partial charge in [0, 0.05) is 24.7 Å². The number of rotatable bonds is 10. The number of aromatic nitrogens is 1. The van der Waals surface area contributed by atoms with Crippen molar-refractivity contribution in [2.24, 2.45) is 11.8 Å². The van der Waals surface area contributed by atoms with Gasteiger partial charge < -0.3 is 9.64 Å². The molecule has 5 heteroatoms. The highest BCUT2D eigenvalue weighted by atomic mass is 16.5. The summed E-state index contributed by atoms with van der Waals surface area (Å²) in [5.74, 6) is 2.08. The van der Waals surface area contributed by atoms with Crippen LogP contribution in [0.25, 0.3) is 10.9 Å². The molecule has 1 aliphatic rings. The zero-order chi connectivity index (χ0) is 24.0. The maximum atomic E-state index is 13.7. The number of fused-ring (bicyclic) bond motifs is 1. The Balaban J connectivity index is 1.99. The fourth-order valence-corrected chi connectivity index (χ4v) is 4.79. The molecule has 1 heterocycles. The van der Waals surface area contributed by atoms with Crippen molar-refractivity contribution in [1.82, 2.24) is 9.47 Å². The van der Waals surface area contributed by atoms with E-state index in [0.717, 1.165) is 55.2 Å². The van der Waals surface area contributed by atoms with Gasteiger partial charge in [0.25, 0.3) is 5.56 Å². The molecule has 5 nitrogen and oxygen atoms in total. The van der Waals surface area contributed by atoms with Crippen LogP contribution in [0.5, 0.6) is 5.75 Å². The maximum Gasteiger partial charge on any atom is 0.255 e. The summed E-state index contributed by atoms with van der Waals surface area (Å²) in [5.41, 5.74) is 1.64. The lowest BCUT2D eigenvalue weighted by Crippen LogP contribution is -2.39. The molecular weight excluding hydrogens is 412 g/mol. The molecule has 3 rings (SSSR count). The highest BCUT2D eigenvalue weighted by molar-refractivity contribution is 5.84. The molecule has 2 aromatic rings. The number of hydrogen-bond acceptors (Lipinski definition) is 3. The molecule has 33 heavy (non-hydrogen) atoms. The van der Waals surface area contributed by atoms with Crippen LogP contribution in [0.2, 0.25) is 0 Å². The van der Waals surface area contributed by atoms with Gasteiger partial charge in [-0.05, 0) is 67.0 Å². The number of pyridine rings is 1. The Morgan fingerprint density at radius 1 is 1.03 bits per heavy atom. The molecule has 0 spiro atoms. The van der Waals surface area contributed by atoms with Gasteiger partial charge in [-0.15, -0.1) is 0 Å². The molecule has 182 valence electrons. The van der Waals surface area contributed by atoms with E-state index in [1.807, 2.05) is 23.1 Å². The van der Waals surface area contributed by atoms with Crippen molar-refractivity contribution < 1.29 is 9.53 Å². The first kappa shape index (κ1) is 25.3. The van der Waals surface area contributed by atoms with Gasteiger partial charge >= 0.3 is 0 Å². The number of ether oxygens (including phenoxy) is 1. The molecule has 0 N–H and O–H groups in total. The molecule has 1 aromatic heterocycles. The second kappa shape index (κ2) is 11.7. The average molecular weight is 455 g/mol. The van der Waals surface area contributed by atoms with Gasteiger partial charge in [0.2, 0.25) is 5.91 Å². The van der Waals surface area contributed by atoms with Gasteiger partial charge in [-0.3, -0.25) is 14.2 Å². The largest absolute Gasteiger partial charge is 0.497 e. The zero-order valence-corrected chi connectivity index (χ0v) is 21.2. The van der Waals surface area contributed by atoms with E-state index in [-0.39, 0.29) is 23.9 Å². The Morgan fingerprint density at radius 2 is 1.67 bits per heavy atom. The van der Waals surface area contributed by atoms with Gasteiger partial charge in [0.15, 0.2) is 0 Å². The molecule has 1 amide bonds. The topological polar surface area (TPSA) is 51.5 Å². The fraction of sp³-hybridized carbons (Fsp3) is 0.643. The number of nitrogens with zero attached hydrogens (tertiary/aromatic N) is 2. The van der Waals surface area contributed by atoms with Crippen molar-refractivity contribution in [3.05, 3.63) is 40.2 Å². The number of methoxy groups -OCH3 is 1. The molecule has 0 aliphatic heterocycles. The molecule has 1 aromatic carbocycles. The van der Waals surface area contributed by atoms with Crippen LogP contribution in [0.15, 0.2) is 29.1 Å². The minimum atomic E-state index is -0.0105. The molecule has 0 radical (unpaired) electrons. The van der Waals surface area contributed by atoms with Crippen molar-refractivity contribution in [2.45, 2.75) is 85.1 Å². The highest BCUT2D eigenvalue weighted by Gasteiger charge is 2.23. The maximum absolute atomic E-state index is 13.7. The first-order valence-electron chi connectivity index (χ1n) is 12.8. The predicted molar refractivity (Wildman–Crippen MR) is 136 cm³/mol. The van der Waals surface area contributed by atoms with E-state index in [2.05, 4.69) is 33.8 Å². The van der Waals surface area contributed by atoms with Crippen LogP contribution >= 0.6 is 0 Å². The zero-order valence-electron chi connectivity index (χ0n) is 21.2. The van der Waals surface area contributed by atoms with Crippen LogP contribution in [-0.4, -0.2) is 35.6 Å². The second-order valence-electron chi connectivity index (χ2n) is 10.5. The predicted octanol–water partition coefficient (Wildman–Crippen LogP) is 5.98. The number of carbonyl (C=O) groups excluding carboxylic acids is 1. The molecule has 0 saturated heterocycles. The minimum Gasteiger partial charge on any atom is -0.497 e. The highest BCUT2D eigenvalue weighted by Crippen LogP contribution is 2.32. The van der Waals surface area contributed by atoms with E-state index in [1.54, 1.807) is 11.7 Å². The number of carbonyl (C=O) groups is 1. The van der Waals surface area contributed by atoms with Gasteiger partial charge in [0.05, 0.1) is 12.6 Å². The lowest BCUT2D eigenvalue weighted by Gasteiger charge is -2.26. The van der Waals surface area contributed by atoms with Gasteiger partial charge in [-0.2, -0.15) is 0 Å². The van der Waals surface area contributed by atoms with E-state index in [1.165, 1.54) is 19.3 Å². The Hall–Kier alpha value is -2.30. The molecule has 0 unspecified atom stereocenters. The van der Waals surface area contributed by atoms with Crippen molar-refractivity contribution in [3.8, 4) is 5.75 Å². The third-order valence-corrected chi connectivity index (χ3v) is 6.98. The quantitative estimate of drug-likeness (QED) is 0.444. The van der Waals surface area contributed by atoms with E-state index in [9.17, 15) is 9.59 Å². The SMILES string of the molecule is COc1ccc2cc(C3CCCCC3)c(=O)n(CC(=O)N(CCC(C)C)CCC(C)C)c2c1. The average Bonchev–Trinajstić information content (AvgIpc) is 2.80. The third-order valence-electron chi connectivity index (χ3n) is 6.98. The summed E-state index contributed by atoms with van der Waals surface area (Å²) >= 11 is 0. The Kier molecular flexibility index (Phi) is 8.99. The summed E-state index contributed by atoms with van der Waals surface area (Å²) in [4.78, 5) is 29.2. The number of hydrogen-bond donors (Lipinski definition) is 0. The van der Waals surface area contributed by atoms with Crippen LogP contribution < -0.4 is 10.3 Å². The van der Waals surface area contributed by atoms with E-state index in [0.29, 0.717) is 17.6 Å². The van der Waals surface area contributed by atoms with Gasteiger partial charge in [-0.1, -0.05) is 47.0 Å². The summed E-state index contributed by atoms with van der Waals surface area (Å²) in [6.45, 7) is 10.3. The summed E-state index contributed by atoms with van der Waals surface area (Å²) < 4.78 is 7.15. The van der Waals surface area contributed by atoms with E-state index < -0.39 is 0 Å². The monoisotopic (exact) mass is 454 g/mol. The van der Waals surface area contributed by atoms with Crippen molar-refractivity contribution in [1.29, 1.82) is 0 Å². The third kappa shape index (κ3) is 6.61. The summed E-state index contributed by atoms with van der Waals surface area (Å²) in [5, 5.41) is 1.000. The molecule has 1 saturated carbocycles. The molecule has 1 fully saturated rings. The Morgan fingerprint density at radius 3 is 2.24 bits per heavy atom. The van der Waals surface area contributed by atoms with Crippen molar-refractivity contribution >= 4 is 16.8 Å². The lowest BCUT2D eigenvalue weighted by molar-refractivity contribution is -0.132. The van der Waals surface area contributed by atoms with Crippen LogP contribution in [0, 0.1) is 11.8 Å².